The molecule has 6 nitrogen and oxygen atoms in total. The van der Waals surface area contributed by atoms with E-state index in [0.717, 1.165) is 31.5 Å². The number of carbonyl (C=O) groups excluding carboxylic acids is 1. The van der Waals surface area contributed by atoms with Crippen LogP contribution in [0.2, 0.25) is 5.02 Å². The van der Waals surface area contributed by atoms with Crippen LogP contribution in [0.3, 0.4) is 0 Å². The molecule has 0 saturated carbocycles. The first-order valence-electron chi connectivity index (χ1n) is 8.22. The molecule has 0 aliphatic carbocycles. The third-order valence-electron chi connectivity index (χ3n) is 4.42. The molecular weight excluding hydrogens is 328 g/mol. The maximum Gasteiger partial charge on any atom is 0.227 e. The van der Waals surface area contributed by atoms with Crippen LogP contribution in [-0.4, -0.2) is 40.6 Å². The van der Waals surface area contributed by atoms with Gasteiger partial charge in [-0.25, -0.2) is 0 Å². The van der Waals surface area contributed by atoms with E-state index in [-0.39, 0.29) is 5.91 Å². The molecule has 0 radical (unpaired) electrons. The second-order valence-corrected chi connectivity index (χ2v) is 6.51. The summed E-state index contributed by atoms with van der Waals surface area (Å²) in [6.07, 6.45) is 2.82. The van der Waals surface area contributed by atoms with Gasteiger partial charge in [-0.3, -0.25) is 4.79 Å². The second-order valence-electron chi connectivity index (χ2n) is 6.08. The summed E-state index contributed by atoms with van der Waals surface area (Å²) in [6, 6.07) is 7.23. The van der Waals surface area contributed by atoms with Crippen molar-refractivity contribution in [3.05, 3.63) is 35.2 Å². The largest absolute Gasteiger partial charge is 0.343 e. The fourth-order valence-electron chi connectivity index (χ4n) is 2.86. The topological polar surface area (TPSA) is 85.2 Å². The van der Waals surface area contributed by atoms with Crippen molar-refractivity contribution >= 4 is 17.5 Å². The molecule has 2 N–H and O–H groups in total. The van der Waals surface area contributed by atoms with Crippen LogP contribution in [0.15, 0.2) is 28.8 Å². The summed E-state index contributed by atoms with van der Waals surface area (Å²) in [7, 11) is 0. The van der Waals surface area contributed by atoms with Crippen molar-refractivity contribution < 1.29 is 9.32 Å². The molecule has 1 fully saturated rings. The first-order valence-corrected chi connectivity index (χ1v) is 8.60. The standard InChI is InChI=1S/C17H21ClN4O2/c18-14-3-1-13(2-4-14)17-20-15(24-21-17)5-6-16(23)22-9-7-12(11-19)8-10-22/h1-4,12H,5-11,19H2. The van der Waals surface area contributed by atoms with Gasteiger partial charge in [-0.1, -0.05) is 16.8 Å². The molecule has 1 saturated heterocycles. The van der Waals surface area contributed by atoms with E-state index in [2.05, 4.69) is 10.1 Å². The Morgan fingerprint density at radius 2 is 2.00 bits per heavy atom. The molecule has 1 amide bonds. The Morgan fingerprint density at radius 3 is 2.67 bits per heavy atom. The Hall–Kier alpha value is -1.92. The smallest absolute Gasteiger partial charge is 0.227 e. The SMILES string of the molecule is NCC1CCN(C(=O)CCc2nc(-c3ccc(Cl)cc3)no2)CC1. The number of halogens is 1. The fraction of sp³-hybridized carbons (Fsp3) is 0.471. The number of nitrogens with two attached hydrogens (primary N) is 1. The van der Waals surface area contributed by atoms with Crippen LogP contribution in [0.5, 0.6) is 0 Å². The normalized spacial score (nSPS) is 15.7. The van der Waals surface area contributed by atoms with Gasteiger partial charge in [0.15, 0.2) is 0 Å². The van der Waals surface area contributed by atoms with E-state index in [0.29, 0.717) is 42.0 Å². The van der Waals surface area contributed by atoms with Crippen molar-refractivity contribution in [2.45, 2.75) is 25.7 Å². The van der Waals surface area contributed by atoms with Gasteiger partial charge in [0.2, 0.25) is 17.6 Å². The Bertz CT molecular complexity index is 678. The summed E-state index contributed by atoms with van der Waals surface area (Å²) < 4.78 is 5.24. The van der Waals surface area contributed by atoms with Gasteiger partial charge in [0.05, 0.1) is 0 Å². The van der Waals surface area contributed by atoms with Crippen LogP contribution in [0.4, 0.5) is 0 Å². The number of rotatable bonds is 5. The monoisotopic (exact) mass is 348 g/mol. The number of aryl methyl sites for hydroxylation is 1. The molecule has 0 bridgehead atoms. The Labute approximate surface area is 146 Å². The number of carbonyl (C=O) groups is 1. The molecule has 24 heavy (non-hydrogen) atoms. The minimum Gasteiger partial charge on any atom is -0.343 e. The molecule has 2 heterocycles. The summed E-state index contributed by atoms with van der Waals surface area (Å²) in [5.41, 5.74) is 6.52. The van der Waals surface area contributed by atoms with Crippen LogP contribution in [0.25, 0.3) is 11.4 Å². The van der Waals surface area contributed by atoms with Crippen molar-refractivity contribution in [3.63, 3.8) is 0 Å². The van der Waals surface area contributed by atoms with E-state index in [1.54, 1.807) is 12.1 Å². The lowest BCUT2D eigenvalue weighted by Gasteiger charge is -2.31. The molecule has 0 unspecified atom stereocenters. The van der Waals surface area contributed by atoms with E-state index < -0.39 is 0 Å². The first kappa shape index (κ1) is 16.9. The number of benzene rings is 1. The number of likely N-dealkylation sites (tertiary alicyclic amines) is 1. The Kier molecular flexibility index (Phi) is 5.48. The highest BCUT2D eigenvalue weighted by Gasteiger charge is 2.22. The van der Waals surface area contributed by atoms with E-state index in [9.17, 15) is 4.79 Å². The van der Waals surface area contributed by atoms with E-state index in [1.165, 1.54) is 0 Å². The highest BCUT2D eigenvalue weighted by molar-refractivity contribution is 6.30. The highest BCUT2D eigenvalue weighted by Crippen LogP contribution is 2.20. The molecule has 3 rings (SSSR count). The molecule has 1 aliphatic rings. The number of piperidine rings is 1. The summed E-state index contributed by atoms with van der Waals surface area (Å²) in [4.78, 5) is 18.5. The van der Waals surface area contributed by atoms with Gasteiger partial charge in [0.1, 0.15) is 0 Å². The van der Waals surface area contributed by atoms with E-state index in [4.69, 9.17) is 21.9 Å². The van der Waals surface area contributed by atoms with Crippen LogP contribution >= 0.6 is 11.6 Å². The maximum atomic E-state index is 12.3. The highest BCUT2D eigenvalue weighted by atomic mass is 35.5. The van der Waals surface area contributed by atoms with Crippen molar-refractivity contribution in [2.75, 3.05) is 19.6 Å². The third kappa shape index (κ3) is 4.13. The maximum absolute atomic E-state index is 12.3. The third-order valence-corrected chi connectivity index (χ3v) is 4.68. The average molecular weight is 349 g/mol. The zero-order chi connectivity index (χ0) is 16.9. The molecular formula is C17H21ClN4O2. The molecule has 1 aliphatic heterocycles. The Balaban J connectivity index is 1.52. The van der Waals surface area contributed by atoms with E-state index in [1.807, 2.05) is 17.0 Å². The fourth-order valence-corrected chi connectivity index (χ4v) is 2.99. The number of nitrogens with zero attached hydrogens (tertiary/aromatic N) is 3. The van der Waals surface area contributed by atoms with Gasteiger partial charge < -0.3 is 15.2 Å². The number of hydrogen-bond acceptors (Lipinski definition) is 5. The van der Waals surface area contributed by atoms with E-state index >= 15 is 0 Å². The quantitative estimate of drug-likeness (QED) is 0.897. The van der Waals surface area contributed by atoms with Gasteiger partial charge in [0.25, 0.3) is 0 Å². The molecule has 0 spiro atoms. The molecule has 128 valence electrons. The van der Waals surface area contributed by atoms with Gasteiger partial charge >= 0.3 is 0 Å². The molecule has 2 aromatic rings. The Morgan fingerprint density at radius 1 is 1.29 bits per heavy atom. The van der Waals surface area contributed by atoms with Gasteiger partial charge in [-0.05, 0) is 49.6 Å². The lowest BCUT2D eigenvalue weighted by molar-refractivity contribution is -0.132. The number of aromatic nitrogens is 2. The number of hydrogen-bond donors (Lipinski definition) is 1. The van der Waals surface area contributed by atoms with Crippen LogP contribution in [-0.2, 0) is 11.2 Å². The van der Waals surface area contributed by atoms with Crippen molar-refractivity contribution in [1.29, 1.82) is 0 Å². The number of amides is 1. The molecule has 7 heteroatoms. The molecule has 0 atom stereocenters. The average Bonchev–Trinajstić information content (AvgIpc) is 3.09. The van der Waals surface area contributed by atoms with Gasteiger partial charge in [0, 0.05) is 36.5 Å². The minimum absolute atomic E-state index is 0.136. The predicted molar refractivity (Wildman–Crippen MR) is 91.4 cm³/mol. The molecule has 1 aromatic carbocycles. The second kappa shape index (κ2) is 7.77. The summed E-state index contributed by atoms with van der Waals surface area (Å²) >= 11 is 5.87. The van der Waals surface area contributed by atoms with Crippen LogP contribution in [0, 0.1) is 5.92 Å². The lowest BCUT2D eigenvalue weighted by Crippen LogP contribution is -2.40. The van der Waals surface area contributed by atoms with Gasteiger partial charge in [-0.2, -0.15) is 4.98 Å². The van der Waals surface area contributed by atoms with Crippen LogP contribution in [0.1, 0.15) is 25.2 Å². The van der Waals surface area contributed by atoms with Crippen molar-refractivity contribution in [2.24, 2.45) is 11.7 Å². The van der Waals surface area contributed by atoms with Crippen LogP contribution < -0.4 is 5.73 Å². The zero-order valence-electron chi connectivity index (χ0n) is 13.4. The van der Waals surface area contributed by atoms with Gasteiger partial charge in [-0.15, -0.1) is 0 Å². The summed E-state index contributed by atoms with van der Waals surface area (Å²) in [5, 5.41) is 4.62. The zero-order valence-corrected chi connectivity index (χ0v) is 14.2. The predicted octanol–water partition coefficient (Wildman–Crippen LogP) is 2.52. The van der Waals surface area contributed by atoms with Crippen molar-refractivity contribution in [1.82, 2.24) is 15.0 Å². The first-order chi connectivity index (χ1) is 11.7. The summed E-state index contributed by atoms with van der Waals surface area (Å²) in [6.45, 7) is 2.29. The molecule has 1 aromatic heterocycles. The minimum atomic E-state index is 0.136. The van der Waals surface area contributed by atoms with Crippen molar-refractivity contribution in [3.8, 4) is 11.4 Å². The summed E-state index contributed by atoms with van der Waals surface area (Å²) in [5.74, 6) is 1.67. The lowest BCUT2D eigenvalue weighted by atomic mass is 9.97.